The SMILES string of the molecule is CCc1c(C(=O)NCC(C)(O)CO)cnc2ncnn12. The van der Waals surface area contributed by atoms with E-state index in [4.69, 9.17) is 5.11 Å². The molecule has 0 saturated heterocycles. The number of fused-ring (bicyclic) bond motifs is 1. The molecule has 2 heterocycles. The van der Waals surface area contributed by atoms with Crippen molar-refractivity contribution in [3.63, 3.8) is 0 Å². The van der Waals surface area contributed by atoms with Crippen LogP contribution >= 0.6 is 0 Å². The average molecular weight is 279 g/mol. The minimum atomic E-state index is -1.35. The lowest BCUT2D eigenvalue weighted by molar-refractivity contribution is 0.00318. The summed E-state index contributed by atoms with van der Waals surface area (Å²) in [6.45, 7) is 2.85. The van der Waals surface area contributed by atoms with Gasteiger partial charge >= 0.3 is 0 Å². The zero-order chi connectivity index (χ0) is 14.8. The van der Waals surface area contributed by atoms with E-state index in [0.717, 1.165) is 0 Å². The third-order valence-corrected chi connectivity index (χ3v) is 2.96. The summed E-state index contributed by atoms with van der Waals surface area (Å²) < 4.78 is 1.51. The number of hydrogen-bond acceptors (Lipinski definition) is 6. The monoisotopic (exact) mass is 279 g/mol. The molecule has 0 radical (unpaired) electrons. The molecule has 3 N–H and O–H groups in total. The minimum Gasteiger partial charge on any atom is -0.393 e. The van der Waals surface area contributed by atoms with Crippen molar-refractivity contribution >= 4 is 11.7 Å². The predicted octanol–water partition coefficient (Wildman–Crippen LogP) is -0.840. The molecule has 0 aliphatic heterocycles. The molecule has 0 spiro atoms. The number of aryl methyl sites for hydroxylation is 1. The topological polar surface area (TPSA) is 113 Å². The van der Waals surface area contributed by atoms with Crippen LogP contribution in [0.5, 0.6) is 0 Å². The van der Waals surface area contributed by atoms with E-state index in [1.54, 1.807) is 0 Å². The molecule has 2 rings (SSSR count). The van der Waals surface area contributed by atoms with Crippen LogP contribution in [0.15, 0.2) is 12.5 Å². The highest BCUT2D eigenvalue weighted by Gasteiger charge is 2.22. The van der Waals surface area contributed by atoms with Gasteiger partial charge in [0.05, 0.1) is 17.9 Å². The minimum absolute atomic E-state index is 0.0547. The van der Waals surface area contributed by atoms with Crippen LogP contribution in [-0.2, 0) is 6.42 Å². The summed E-state index contributed by atoms with van der Waals surface area (Å²) in [7, 11) is 0. The normalized spacial score (nSPS) is 14.2. The highest BCUT2D eigenvalue weighted by atomic mass is 16.3. The van der Waals surface area contributed by atoms with Gasteiger partial charge in [0.1, 0.15) is 11.9 Å². The molecule has 108 valence electrons. The standard InChI is InChI=1S/C12H17N5O3/c1-3-9-8(4-13-11-15-7-16-17(9)11)10(19)14-5-12(2,20)6-18/h4,7,18,20H,3,5-6H2,1-2H3,(H,14,19). The Morgan fingerprint density at radius 1 is 1.50 bits per heavy atom. The van der Waals surface area contributed by atoms with Gasteiger partial charge in [0.2, 0.25) is 0 Å². The van der Waals surface area contributed by atoms with Gasteiger partial charge < -0.3 is 15.5 Å². The first-order valence-corrected chi connectivity index (χ1v) is 6.27. The van der Waals surface area contributed by atoms with Crippen molar-refractivity contribution in [2.24, 2.45) is 0 Å². The van der Waals surface area contributed by atoms with Crippen LogP contribution in [0.2, 0.25) is 0 Å². The fourth-order valence-electron chi connectivity index (χ4n) is 1.78. The van der Waals surface area contributed by atoms with Gasteiger partial charge in [-0.3, -0.25) is 4.79 Å². The average Bonchev–Trinajstić information content (AvgIpc) is 2.92. The van der Waals surface area contributed by atoms with Crippen LogP contribution in [0, 0.1) is 0 Å². The fourth-order valence-corrected chi connectivity index (χ4v) is 1.78. The zero-order valence-corrected chi connectivity index (χ0v) is 11.4. The maximum Gasteiger partial charge on any atom is 0.254 e. The zero-order valence-electron chi connectivity index (χ0n) is 11.4. The number of nitrogens with one attached hydrogen (secondary N) is 1. The highest BCUT2D eigenvalue weighted by molar-refractivity contribution is 5.95. The number of aliphatic hydroxyl groups is 2. The molecule has 0 aliphatic carbocycles. The van der Waals surface area contributed by atoms with E-state index in [-0.39, 0.29) is 12.5 Å². The molecule has 0 aliphatic rings. The van der Waals surface area contributed by atoms with Crippen LogP contribution in [-0.4, -0.2) is 54.5 Å². The van der Waals surface area contributed by atoms with Gasteiger partial charge in [0.25, 0.3) is 11.7 Å². The number of nitrogens with zero attached hydrogens (tertiary/aromatic N) is 4. The molecule has 2 aromatic rings. The number of rotatable bonds is 5. The summed E-state index contributed by atoms with van der Waals surface area (Å²) in [6, 6.07) is 0. The van der Waals surface area contributed by atoms with E-state index >= 15 is 0 Å². The molecule has 1 unspecified atom stereocenters. The molecule has 1 atom stereocenters. The summed E-state index contributed by atoms with van der Waals surface area (Å²) in [5.41, 5.74) is -0.291. The Balaban J connectivity index is 2.26. The number of carbonyl (C=O) groups is 1. The van der Waals surface area contributed by atoms with Crippen molar-refractivity contribution in [1.82, 2.24) is 24.9 Å². The Morgan fingerprint density at radius 3 is 2.90 bits per heavy atom. The summed E-state index contributed by atoms with van der Waals surface area (Å²) in [4.78, 5) is 20.2. The predicted molar refractivity (Wildman–Crippen MR) is 70.2 cm³/mol. The van der Waals surface area contributed by atoms with Crippen molar-refractivity contribution in [3.8, 4) is 0 Å². The molecule has 0 saturated carbocycles. The Bertz CT molecular complexity index is 623. The van der Waals surface area contributed by atoms with Crippen molar-refractivity contribution in [3.05, 3.63) is 23.8 Å². The summed E-state index contributed by atoms with van der Waals surface area (Å²) in [5, 5.41) is 25.2. The molecule has 8 nitrogen and oxygen atoms in total. The molecule has 20 heavy (non-hydrogen) atoms. The number of aromatic nitrogens is 4. The number of amides is 1. The van der Waals surface area contributed by atoms with Gasteiger partial charge in [-0.2, -0.15) is 10.1 Å². The second-order valence-corrected chi connectivity index (χ2v) is 4.78. The van der Waals surface area contributed by atoms with E-state index in [1.807, 2.05) is 6.92 Å². The Hall–Kier alpha value is -2.06. The Labute approximate surface area is 115 Å². The summed E-state index contributed by atoms with van der Waals surface area (Å²) in [5.74, 6) is 0.0567. The van der Waals surface area contributed by atoms with Crippen molar-refractivity contribution in [2.45, 2.75) is 25.9 Å². The fraction of sp³-hybridized carbons (Fsp3) is 0.500. The second kappa shape index (κ2) is 5.51. The van der Waals surface area contributed by atoms with Gasteiger partial charge in [0.15, 0.2) is 0 Å². The van der Waals surface area contributed by atoms with E-state index in [1.165, 1.54) is 24.0 Å². The van der Waals surface area contributed by atoms with Gasteiger partial charge in [-0.1, -0.05) is 6.92 Å². The molecule has 1 amide bonds. The molecular formula is C12H17N5O3. The number of aliphatic hydroxyl groups excluding tert-OH is 1. The largest absolute Gasteiger partial charge is 0.393 e. The van der Waals surface area contributed by atoms with Crippen molar-refractivity contribution < 1.29 is 15.0 Å². The van der Waals surface area contributed by atoms with Gasteiger partial charge in [-0.05, 0) is 13.3 Å². The van der Waals surface area contributed by atoms with Crippen molar-refractivity contribution in [1.29, 1.82) is 0 Å². The Kier molecular flexibility index (Phi) is 3.96. The smallest absolute Gasteiger partial charge is 0.254 e. The lowest BCUT2D eigenvalue weighted by Crippen LogP contribution is -2.43. The third kappa shape index (κ3) is 2.75. The van der Waals surface area contributed by atoms with Gasteiger partial charge in [0, 0.05) is 12.7 Å². The second-order valence-electron chi connectivity index (χ2n) is 4.78. The molecule has 2 aromatic heterocycles. The Morgan fingerprint density at radius 2 is 2.25 bits per heavy atom. The van der Waals surface area contributed by atoms with Crippen LogP contribution in [0.25, 0.3) is 5.78 Å². The lowest BCUT2D eigenvalue weighted by Gasteiger charge is -2.20. The number of hydrogen-bond donors (Lipinski definition) is 3. The molecule has 0 fully saturated rings. The maximum atomic E-state index is 12.1. The molecule has 8 heteroatoms. The van der Waals surface area contributed by atoms with Crippen molar-refractivity contribution in [2.75, 3.05) is 13.2 Å². The lowest BCUT2D eigenvalue weighted by atomic mass is 10.1. The molecular weight excluding hydrogens is 262 g/mol. The van der Waals surface area contributed by atoms with Crippen LogP contribution in [0.1, 0.15) is 29.9 Å². The number of carbonyl (C=O) groups excluding carboxylic acids is 1. The quantitative estimate of drug-likeness (QED) is 0.658. The first-order valence-electron chi connectivity index (χ1n) is 6.27. The van der Waals surface area contributed by atoms with Gasteiger partial charge in [-0.25, -0.2) is 9.50 Å². The van der Waals surface area contributed by atoms with Crippen LogP contribution < -0.4 is 5.32 Å². The van der Waals surface area contributed by atoms with E-state index in [0.29, 0.717) is 23.5 Å². The van der Waals surface area contributed by atoms with E-state index < -0.39 is 12.2 Å². The van der Waals surface area contributed by atoms with E-state index in [2.05, 4.69) is 20.4 Å². The third-order valence-electron chi connectivity index (χ3n) is 2.96. The van der Waals surface area contributed by atoms with Crippen LogP contribution in [0.4, 0.5) is 0 Å². The first-order chi connectivity index (χ1) is 9.48. The van der Waals surface area contributed by atoms with Gasteiger partial charge in [-0.15, -0.1) is 0 Å². The summed E-state index contributed by atoms with van der Waals surface area (Å²) >= 11 is 0. The first kappa shape index (κ1) is 14.4. The molecule has 0 bridgehead atoms. The van der Waals surface area contributed by atoms with Crippen LogP contribution in [0.3, 0.4) is 0 Å². The summed E-state index contributed by atoms with van der Waals surface area (Å²) in [6.07, 6.45) is 3.40. The van der Waals surface area contributed by atoms with E-state index in [9.17, 15) is 9.90 Å². The maximum absolute atomic E-state index is 12.1. The molecule has 0 aromatic carbocycles. The highest BCUT2D eigenvalue weighted by Crippen LogP contribution is 2.10.